The number of halogens is 1. The molecule has 2 unspecified atom stereocenters. The predicted molar refractivity (Wildman–Crippen MR) is 99.2 cm³/mol. The number of morpholine rings is 1. The molecule has 1 saturated heterocycles. The molecule has 2 aliphatic rings. The van der Waals surface area contributed by atoms with Gasteiger partial charge in [-0.2, -0.15) is 0 Å². The smallest absolute Gasteiger partial charge is 0.0658 e. The van der Waals surface area contributed by atoms with Crippen molar-refractivity contribution in [2.24, 2.45) is 0 Å². The highest BCUT2D eigenvalue weighted by molar-refractivity contribution is 6.32. The summed E-state index contributed by atoms with van der Waals surface area (Å²) in [5, 5.41) is 0.858. The summed E-state index contributed by atoms with van der Waals surface area (Å²) in [6.07, 6.45) is 3.35. The molecule has 0 aliphatic carbocycles. The van der Waals surface area contributed by atoms with Crippen LogP contribution in [0, 0.1) is 6.92 Å². The van der Waals surface area contributed by atoms with E-state index in [1.54, 1.807) is 0 Å². The second-order valence-electron chi connectivity index (χ2n) is 6.80. The Morgan fingerprint density at radius 3 is 2.71 bits per heavy atom. The highest BCUT2D eigenvalue weighted by Gasteiger charge is 2.35. The zero-order valence-electron chi connectivity index (χ0n) is 13.9. The number of rotatable bonds is 3. The molecule has 2 heterocycles. The van der Waals surface area contributed by atoms with Gasteiger partial charge in [0.15, 0.2) is 0 Å². The van der Waals surface area contributed by atoms with Crippen LogP contribution in [0.2, 0.25) is 5.02 Å². The van der Waals surface area contributed by atoms with E-state index in [0.717, 1.165) is 31.2 Å². The van der Waals surface area contributed by atoms with E-state index in [2.05, 4.69) is 66.4 Å². The fourth-order valence-corrected chi connectivity index (χ4v) is 4.14. The molecule has 4 rings (SSSR count). The van der Waals surface area contributed by atoms with Crippen molar-refractivity contribution in [3.8, 4) is 0 Å². The van der Waals surface area contributed by atoms with E-state index in [9.17, 15) is 0 Å². The van der Waals surface area contributed by atoms with Gasteiger partial charge in [0.05, 0.1) is 19.3 Å². The summed E-state index contributed by atoms with van der Waals surface area (Å²) in [7, 11) is 0. The first kappa shape index (κ1) is 15.9. The van der Waals surface area contributed by atoms with Crippen molar-refractivity contribution in [2.45, 2.75) is 32.0 Å². The summed E-state index contributed by atoms with van der Waals surface area (Å²) in [5.41, 5.74) is 5.11. The predicted octanol–water partition coefficient (Wildman–Crippen LogP) is 4.71. The Kier molecular flexibility index (Phi) is 4.45. The van der Waals surface area contributed by atoms with Crippen molar-refractivity contribution < 1.29 is 4.74 Å². The quantitative estimate of drug-likeness (QED) is 0.803. The van der Waals surface area contributed by atoms with Crippen LogP contribution in [0.4, 0.5) is 0 Å². The van der Waals surface area contributed by atoms with Crippen LogP contribution in [0.15, 0.2) is 54.6 Å². The van der Waals surface area contributed by atoms with Gasteiger partial charge in [0, 0.05) is 17.6 Å². The van der Waals surface area contributed by atoms with E-state index in [1.165, 1.54) is 22.3 Å². The van der Waals surface area contributed by atoms with E-state index < -0.39 is 0 Å². The number of fused-ring (bicyclic) bond motifs is 2. The van der Waals surface area contributed by atoms with E-state index in [-0.39, 0.29) is 0 Å². The molecule has 24 heavy (non-hydrogen) atoms. The molecule has 2 nitrogen and oxygen atoms in total. The Balaban J connectivity index is 1.62. The number of nitrogens with zero attached hydrogens (tertiary/aromatic N) is 1. The van der Waals surface area contributed by atoms with Crippen LogP contribution in [0.3, 0.4) is 0 Å². The second kappa shape index (κ2) is 6.72. The normalized spacial score (nSPS) is 23.8. The number of hydrogen-bond acceptors (Lipinski definition) is 2. The first-order chi connectivity index (χ1) is 11.7. The molecule has 3 heteroatoms. The topological polar surface area (TPSA) is 12.5 Å². The molecule has 0 spiro atoms. The fraction of sp³-hybridized carbons (Fsp3) is 0.333. The van der Waals surface area contributed by atoms with Gasteiger partial charge in [-0.1, -0.05) is 60.1 Å². The Hall–Kier alpha value is -1.61. The highest BCUT2D eigenvalue weighted by atomic mass is 35.5. The maximum atomic E-state index is 6.50. The number of aryl methyl sites for hydroxylation is 1. The van der Waals surface area contributed by atoms with Crippen molar-refractivity contribution in [2.75, 3.05) is 13.2 Å². The van der Waals surface area contributed by atoms with Gasteiger partial charge in [-0.25, -0.2) is 0 Å². The van der Waals surface area contributed by atoms with Gasteiger partial charge < -0.3 is 4.74 Å². The van der Waals surface area contributed by atoms with Gasteiger partial charge in [-0.15, -0.1) is 0 Å². The van der Waals surface area contributed by atoms with Gasteiger partial charge in [0.25, 0.3) is 0 Å². The van der Waals surface area contributed by atoms with Crippen LogP contribution in [0.1, 0.15) is 23.1 Å². The summed E-state index contributed by atoms with van der Waals surface area (Å²) in [6, 6.07) is 17.8. The van der Waals surface area contributed by atoms with Crippen LogP contribution in [-0.2, 0) is 11.3 Å². The van der Waals surface area contributed by atoms with Crippen molar-refractivity contribution in [1.82, 2.24) is 4.90 Å². The molecule has 124 valence electrons. The molecule has 2 bridgehead atoms. The Morgan fingerprint density at radius 1 is 1.12 bits per heavy atom. The summed E-state index contributed by atoms with van der Waals surface area (Å²) in [6.45, 7) is 4.61. The first-order valence-corrected chi connectivity index (χ1v) is 8.93. The van der Waals surface area contributed by atoms with Gasteiger partial charge in [-0.3, -0.25) is 4.90 Å². The second-order valence-corrected chi connectivity index (χ2v) is 7.20. The molecule has 0 aromatic heterocycles. The fourth-order valence-electron chi connectivity index (χ4n) is 3.78. The molecule has 0 radical (unpaired) electrons. The zero-order chi connectivity index (χ0) is 16.5. The lowest BCUT2D eigenvalue weighted by Crippen LogP contribution is -2.53. The van der Waals surface area contributed by atoms with Crippen LogP contribution in [-0.4, -0.2) is 30.2 Å². The number of hydrogen-bond donors (Lipinski definition) is 0. The monoisotopic (exact) mass is 339 g/mol. The van der Waals surface area contributed by atoms with Crippen molar-refractivity contribution in [3.63, 3.8) is 0 Å². The van der Waals surface area contributed by atoms with Crippen molar-refractivity contribution >= 4 is 17.2 Å². The van der Waals surface area contributed by atoms with Crippen LogP contribution in [0.5, 0.6) is 0 Å². The molecule has 0 saturated carbocycles. The standard InChI is InChI=1S/C21H22ClNO/c1-15-7-8-20(21(22)9-15)17-10-18-13-24-14-19(11-17)23(18)12-16-5-3-2-4-6-16/h2-10,18-19H,11-14H2,1H3. The number of benzene rings is 2. The van der Waals surface area contributed by atoms with E-state index in [0.29, 0.717) is 12.1 Å². The molecule has 2 aromatic carbocycles. The minimum atomic E-state index is 0.324. The zero-order valence-corrected chi connectivity index (χ0v) is 14.7. The van der Waals surface area contributed by atoms with E-state index >= 15 is 0 Å². The van der Waals surface area contributed by atoms with E-state index in [4.69, 9.17) is 16.3 Å². The summed E-state index contributed by atoms with van der Waals surface area (Å²) < 4.78 is 5.82. The van der Waals surface area contributed by atoms with Crippen LogP contribution < -0.4 is 0 Å². The number of ether oxygens (including phenoxy) is 1. The maximum absolute atomic E-state index is 6.50. The molecule has 2 aliphatic heterocycles. The molecule has 0 amide bonds. The molecular formula is C21H22ClNO. The lowest BCUT2D eigenvalue weighted by molar-refractivity contribution is -0.0402. The van der Waals surface area contributed by atoms with Gasteiger partial charge >= 0.3 is 0 Å². The summed E-state index contributed by atoms with van der Waals surface area (Å²) >= 11 is 6.50. The van der Waals surface area contributed by atoms with Crippen LogP contribution in [0.25, 0.3) is 5.57 Å². The van der Waals surface area contributed by atoms with E-state index in [1.807, 2.05) is 0 Å². The third-order valence-electron chi connectivity index (χ3n) is 5.02. The largest absolute Gasteiger partial charge is 0.378 e. The Morgan fingerprint density at radius 2 is 1.96 bits per heavy atom. The first-order valence-electron chi connectivity index (χ1n) is 8.55. The maximum Gasteiger partial charge on any atom is 0.0658 e. The lowest BCUT2D eigenvalue weighted by Gasteiger charge is -2.45. The van der Waals surface area contributed by atoms with Gasteiger partial charge in [-0.05, 0) is 41.7 Å². The van der Waals surface area contributed by atoms with Gasteiger partial charge in [0.2, 0.25) is 0 Å². The molecular weight excluding hydrogens is 318 g/mol. The van der Waals surface area contributed by atoms with Crippen molar-refractivity contribution in [3.05, 3.63) is 76.3 Å². The third-order valence-corrected chi connectivity index (χ3v) is 5.33. The van der Waals surface area contributed by atoms with Crippen LogP contribution >= 0.6 is 11.6 Å². The Bertz CT molecular complexity index is 756. The molecule has 2 atom stereocenters. The highest BCUT2D eigenvalue weighted by Crippen LogP contribution is 2.36. The summed E-state index contributed by atoms with van der Waals surface area (Å²) in [5.74, 6) is 0. The summed E-state index contributed by atoms with van der Waals surface area (Å²) in [4.78, 5) is 2.57. The molecule has 1 fully saturated rings. The SMILES string of the molecule is Cc1ccc(C2=CC3COCC(C2)N3Cc2ccccc2)c(Cl)c1. The van der Waals surface area contributed by atoms with Gasteiger partial charge in [0.1, 0.15) is 0 Å². The van der Waals surface area contributed by atoms with Crippen molar-refractivity contribution in [1.29, 1.82) is 0 Å². The minimum Gasteiger partial charge on any atom is -0.378 e. The minimum absolute atomic E-state index is 0.324. The molecule has 0 N–H and O–H groups in total. The average molecular weight is 340 g/mol. The molecule has 2 aromatic rings. The lowest BCUT2D eigenvalue weighted by atomic mass is 9.89. The third kappa shape index (κ3) is 3.14. The average Bonchev–Trinajstić information content (AvgIpc) is 2.56. The Labute approximate surface area is 148 Å².